The topological polar surface area (TPSA) is 83.8 Å². The molecular formula is C24H17Br2N3O3. The second-order valence-electron chi connectivity index (χ2n) is 6.85. The maximum Gasteiger partial charge on any atom is 0.272 e. The number of rotatable bonds is 5. The Kier molecular flexibility index (Phi) is 6.53. The fourth-order valence-corrected chi connectivity index (χ4v) is 3.78. The van der Waals surface area contributed by atoms with Crippen molar-refractivity contribution in [2.24, 2.45) is 5.10 Å². The predicted molar refractivity (Wildman–Crippen MR) is 132 cm³/mol. The van der Waals surface area contributed by atoms with E-state index in [1.807, 2.05) is 30.3 Å². The number of carbonyl (C=O) groups excluding carboxylic acids is 1. The molecule has 0 bridgehead atoms. The van der Waals surface area contributed by atoms with Crippen LogP contribution in [0.25, 0.3) is 22.2 Å². The smallest absolute Gasteiger partial charge is 0.272 e. The van der Waals surface area contributed by atoms with Gasteiger partial charge in [0.1, 0.15) is 11.5 Å². The zero-order chi connectivity index (χ0) is 22.7. The molecule has 8 heteroatoms. The average molecular weight is 555 g/mol. The first-order valence-corrected chi connectivity index (χ1v) is 11.1. The third-order valence-electron chi connectivity index (χ3n) is 4.76. The number of hydrogen-bond acceptors (Lipinski definition) is 5. The molecule has 32 heavy (non-hydrogen) atoms. The summed E-state index contributed by atoms with van der Waals surface area (Å²) < 4.78 is 7.06. The van der Waals surface area contributed by atoms with Gasteiger partial charge in [-0.25, -0.2) is 10.4 Å². The van der Waals surface area contributed by atoms with Crippen molar-refractivity contribution in [3.05, 3.63) is 86.8 Å². The van der Waals surface area contributed by atoms with Crippen molar-refractivity contribution in [3.8, 4) is 22.8 Å². The third kappa shape index (κ3) is 4.81. The number of amides is 1. The van der Waals surface area contributed by atoms with Crippen molar-refractivity contribution in [1.82, 2.24) is 10.4 Å². The van der Waals surface area contributed by atoms with Crippen LogP contribution in [-0.4, -0.2) is 29.3 Å². The number of benzene rings is 3. The molecule has 0 aliphatic heterocycles. The summed E-state index contributed by atoms with van der Waals surface area (Å²) in [6.45, 7) is 0. The van der Waals surface area contributed by atoms with Crippen LogP contribution in [0.5, 0.6) is 11.5 Å². The fraction of sp³-hybridized carbons (Fsp3) is 0.0417. The molecule has 0 radical (unpaired) electrons. The largest absolute Gasteiger partial charge is 0.507 e. The van der Waals surface area contributed by atoms with Crippen LogP contribution in [-0.2, 0) is 0 Å². The van der Waals surface area contributed by atoms with E-state index in [1.165, 1.54) is 6.21 Å². The van der Waals surface area contributed by atoms with Gasteiger partial charge in [0.15, 0.2) is 0 Å². The van der Waals surface area contributed by atoms with Crippen molar-refractivity contribution in [3.63, 3.8) is 0 Å². The summed E-state index contributed by atoms with van der Waals surface area (Å²) in [6, 6.07) is 19.8. The molecule has 0 saturated carbocycles. The van der Waals surface area contributed by atoms with Crippen molar-refractivity contribution < 1.29 is 14.6 Å². The van der Waals surface area contributed by atoms with Crippen molar-refractivity contribution in [1.29, 1.82) is 0 Å². The predicted octanol–water partition coefficient (Wildman–Crippen LogP) is 5.90. The first-order valence-electron chi connectivity index (χ1n) is 9.51. The van der Waals surface area contributed by atoms with Crippen LogP contribution in [0, 0.1) is 0 Å². The first kappa shape index (κ1) is 22.0. The minimum atomic E-state index is -0.408. The quantitative estimate of drug-likeness (QED) is 0.237. The van der Waals surface area contributed by atoms with Gasteiger partial charge >= 0.3 is 0 Å². The number of hydrazone groups is 1. The van der Waals surface area contributed by atoms with E-state index >= 15 is 0 Å². The molecule has 0 aliphatic carbocycles. The molecule has 0 saturated heterocycles. The standard InChI is InChI=1S/C24H17Br2N3O3/c1-32-18-7-8-21-19(11-18)20(12-22(28-21)14-2-4-16(25)5-3-14)24(31)29-27-13-15-10-17(26)6-9-23(15)30/h2-13,30H,1H3,(H,29,31)/b27-13+. The first-order chi connectivity index (χ1) is 15.4. The number of halogens is 2. The lowest BCUT2D eigenvalue weighted by molar-refractivity contribution is 0.0956. The molecule has 1 heterocycles. The molecule has 1 aromatic heterocycles. The van der Waals surface area contributed by atoms with E-state index in [0.29, 0.717) is 33.5 Å². The summed E-state index contributed by atoms with van der Waals surface area (Å²) in [5, 5.41) is 14.6. The van der Waals surface area contributed by atoms with Gasteiger partial charge in [0.05, 0.1) is 30.1 Å². The zero-order valence-corrected chi connectivity index (χ0v) is 20.0. The lowest BCUT2D eigenvalue weighted by Gasteiger charge is -2.10. The Morgan fingerprint density at radius 1 is 1.03 bits per heavy atom. The molecule has 2 N–H and O–H groups in total. The Labute approximate surface area is 201 Å². The summed E-state index contributed by atoms with van der Waals surface area (Å²) in [7, 11) is 1.57. The van der Waals surface area contributed by atoms with Crippen LogP contribution in [0.15, 0.2) is 80.8 Å². The van der Waals surface area contributed by atoms with Gasteiger partial charge in [0.25, 0.3) is 5.91 Å². The van der Waals surface area contributed by atoms with E-state index < -0.39 is 5.91 Å². The molecule has 4 aromatic rings. The SMILES string of the molecule is COc1ccc2nc(-c3ccc(Br)cc3)cc(C(=O)N/N=C/c3cc(Br)ccc3O)c2c1. The van der Waals surface area contributed by atoms with Crippen LogP contribution < -0.4 is 10.2 Å². The molecule has 160 valence electrons. The van der Waals surface area contributed by atoms with Gasteiger partial charge in [-0.2, -0.15) is 5.10 Å². The maximum absolute atomic E-state index is 13.1. The summed E-state index contributed by atoms with van der Waals surface area (Å²) in [5.74, 6) is 0.268. The molecule has 0 atom stereocenters. The van der Waals surface area contributed by atoms with E-state index in [9.17, 15) is 9.90 Å². The van der Waals surface area contributed by atoms with Gasteiger partial charge in [0.2, 0.25) is 0 Å². The fourth-order valence-electron chi connectivity index (χ4n) is 3.14. The van der Waals surface area contributed by atoms with Crippen molar-refractivity contribution in [2.75, 3.05) is 7.11 Å². The molecule has 3 aromatic carbocycles. The second kappa shape index (κ2) is 9.50. The number of pyridine rings is 1. The highest BCUT2D eigenvalue weighted by molar-refractivity contribution is 9.10. The lowest BCUT2D eigenvalue weighted by atomic mass is 10.0. The summed E-state index contributed by atoms with van der Waals surface area (Å²) in [5.41, 5.74) is 5.61. The van der Waals surface area contributed by atoms with Crippen LogP contribution in [0.1, 0.15) is 15.9 Å². The highest BCUT2D eigenvalue weighted by Crippen LogP contribution is 2.28. The number of fused-ring (bicyclic) bond motifs is 1. The number of nitrogens with zero attached hydrogens (tertiary/aromatic N) is 2. The van der Waals surface area contributed by atoms with Crippen LogP contribution >= 0.6 is 31.9 Å². The number of methoxy groups -OCH3 is 1. The zero-order valence-electron chi connectivity index (χ0n) is 16.8. The maximum atomic E-state index is 13.1. The number of ether oxygens (including phenoxy) is 1. The van der Waals surface area contributed by atoms with Crippen LogP contribution in [0.3, 0.4) is 0 Å². The van der Waals surface area contributed by atoms with Crippen molar-refractivity contribution >= 4 is 54.9 Å². The molecule has 0 spiro atoms. The Morgan fingerprint density at radius 3 is 2.53 bits per heavy atom. The molecule has 0 aliphatic rings. The monoisotopic (exact) mass is 553 g/mol. The van der Waals surface area contributed by atoms with Gasteiger partial charge in [0, 0.05) is 25.5 Å². The minimum Gasteiger partial charge on any atom is -0.507 e. The van der Waals surface area contributed by atoms with E-state index in [2.05, 4.69) is 42.4 Å². The Bertz CT molecular complexity index is 1340. The lowest BCUT2D eigenvalue weighted by Crippen LogP contribution is -2.18. The number of phenols is 1. The molecule has 0 unspecified atom stereocenters. The Hall–Kier alpha value is -3.23. The second-order valence-corrected chi connectivity index (χ2v) is 8.68. The minimum absolute atomic E-state index is 0.0582. The van der Waals surface area contributed by atoms with Gasteiger partial charge in [-0.1, -0.05) is 44.0 Å². The number of phenolic OH excluding ortho intramolecular Hbond substituents is 1. The third-order valence-corrected chi connectivity index (χ3v) is 5.78. The Balaban J connectivity index is 1.73. The average Bonchev–Trinajstić information content (AvgIpc) is 2.80. The molecule has 6 nitrogen and oxygen atoms in total. The Morgan fingerprint density at radius 2 is 1.78 bits per heavy atom. The molecule has 4 rings (SSSR count). The highest BCUT2D eigenvalue weighted by Gasteiger charge is 2.15. The number of aromatic hydroxyl groups is 1. The van der Waals surface area contributed by atoms with Gasteiger partial charge in [-0.15, -0.1) is 0 Å². The highest BCUT2D eigenvalue weighted by atomic mass is 79.9. The number of hydrogen-bond donors (Lipinski definition) is 2. The van der Waals surface area contributed by atoms with E-state index in [0.717, 1.165) is 14.5 Å². The molecule has 1 amide bonds. The van der Waals surface area contributed by atoms with Gasteiger partial charge < -0.3 is 9.84 Å². The summed E-state index contributed by atoms with van der Waals surface area (Å²) in [4.78, 5) is 17.8. The summed E-state index contributed by atoms with van der Waals surface area (Å²) >= 11 is 6.78. The van der Waals surface area contributed by atoms with Crippen LogP contribution in [0.2, 0.25) is 0 Å². The van der Waals surface area contributed by atoms with E-state index in [4.69, 9.17) is 9.72 Å². The summed E-state index contributed by atoms with van der Waals surface area (Å²) in [6.07, 6.45) is 1.39. The number of aromatic nitrogens is 1. The van der Waals surface area contributed by atoms with Gasteiger partial charge in [-0.3, -0.25) is 4.79 Å². The normalized spacial score (nSPS) is 11.1. The van der Waals surface area contributed by atoms with E-state index in [1.54, 1.807) is 43.5 Å². The van der Waals surface area contributed by atoms with E-state index in [-0.39, 0.29) is 5.75 Å². The number of nitrogens with one attached hydrogen (secondary N) is 1. The molecular weight excluding hydrogens is 538 g/mol. The van der Waals surface area contributed by atoms with Crippen molar-refractivity contribution in [2.45, 2.75) is 0 Å². The number of carbonyl (C=O) groups is 1. The molecule has 0 fully saturated rings. The van der Waals surface area contributed by atoms with Crippen LogP contribution in [0.4, 0.5) is 0 Å². The van der Waals surface area contributed by atoms with Gasteiger partial charge in [-0.05, 0) is 54.6 Å².